The second-order valence-corrected chi connectivity index (χ2v) is 4.52. The van der Waals surface area contributed by atoms with E-state index in [-0.39, 0.29) is 5.69 Å². The molecule has 2 aromatic rings. The molecule has 2 rings (SSSR count). The van der Waals surface area contributed by atoms with Crippen molar-refractivity contribution in [1.82, 2.24) is 25.2 Å². The van der Waals surface area contributed by atoms with E-state index >= 15 is 0 Å². The fourth-order valence-electron chi connectivity index (χ4n) is 0.979. The summed E-state index contributed by atoms with van der Waals surface area (Å²) in [5, 5.41) is 10.0. The van der Waals surface area contributed by atoms with E-state index < -0.39 is 0 Å². The summed E-state index contributed by atoms with van der Waals surface area (Å²) >= 11 is 2.96. The summed E-state index contributed by atoms with van der Waals surface area (Å²) in [7, 11) is 0. The summed E-state index contributed by atoms with van der Waals surface area (Å²) in [6, 6.07) is 0. The first-order valence-corrected chi connectivity index (χ1v) is 5.78. The third kappa shape index (κ3) is 1.46. The van der Waals surface area contributed by atoms with E-state index in [0.717, 1.165) is 10.0 Å². The van der Waals surface area contributed by atoms with Crippen LogP contribution < -0.4 is 5.69 Å². The molecule has 0 bridgehead atoms. The topological polar surface area (TPSA) is 76.5 Å². The summed E-state index contributed by atoms with van der Waals surface area (Å²) in [5.41, 5.74) is 0.444. The molecule has 0 saturated carbocycles. The number of thiazole rings is 1. The number of tetrazole rings is 1. The molecule has 74 valence electrons. The average Bonchev–Trinajstić information content (AvgIpc) is 2.72. The van der Waals surface area contributed by atoms with Crippen LogP contribution in [0.5, 0.6) is 0 Å². The van der Waals surface area contributed by atoms with Crippen LogP contribution in [0.1, 0.15) is 5.69 Å². The predicted molar refractivity (Wildman–Crippen MR) is 54.2 cm³/mol. The van der Waals surface area contributed by atoms with Crippen molar-refractivity contribution in [3.8, 4) is 5.00 Å². The Hall–Kier alpha value is -1.15. The molecule has 0 spiro atoms. The molecule has 2 heterocycles. The van der Waals surface area contributed by atoms with E-state index in [2.05, 4.69) is 20.5 Å². The SMILES string of the molecule is CSc1nc(C)c(-n2nn[nH]c2=O)s1. The Morgan fingerprint density at radius 2 is 2.36 bits per heavy atom. The largest absolute Gasteiger partial charge is 0.366 e. The minimum atomic E-state index is -0.343. The van der Waals surface area contributed by atoms with E-state index in [0.29, 0.717) is 5.00 Å². The quantitative estimate of drug-likeness (QED) is 0.756. The smallest absolute Gasteiger partial charge is 0.244 e. The molecule has 8 heteroatoms. The molecule has 2 aromatic heterocycles. The number of nitrogens with one attached hydrogen (secondary N) is 1. The second-order valence-electron chi connectivity index (χ2n) is 2.49. The zero-order chi connectivity index (χ0) is 10.1. The van der Waals surface area contributed by atoms with E-state index in [4.69, 9.17) is 0 Å². The van der Waals surface area contributed by atoms with Crippen LogP contribution in [0, 0.1) is 6.92 Å². The Morgan fingerprint density at radius 1 is 1.57 bits per heavy atom. The molecule has 0 aromatic carbocycles. The van der Waals surface area contributed by atoms with Crippen LogP contribution in [-0.4, -0.2) is 31.4 Å². The van der Waals surface area contributed by atoms with Gasteiger partial charge in [0.1, 0.15) is 5.00 Å². The van der Waals surface area contributed by atoms with Crippen LogP contribution in [0.2, 0.25) is 0 Å². The minimum Gasteiger partial charge on any atom is -0.244 e. The number of thioether (sulfide) groups is 1. The van der Waals surface area contributed by atoms with Gasteiger partial charge in [0.15, 0.2) is 4.34 Å². The monoisotopic (exact) mass is 229 g/mol. The maximum absolute atomic E-state index is 11.2. The van der Waals surface area contributed by atoms with Gasteiger partial charge in [-0.25, -0.2) is 14.9 Å². The summed E-state index contributed by atoms with van der Waals surface area (Å²) < 4.78 is 2.12. The molecule has 0 amide bonds. The van der Waals surface area contributed by atoms with Crippen molar-refractivity contribution in [2.45, 2.75) is 11.3 Å². The molecular formula is C6H7N5OS2. The summed E-state index contributed by atoms with van der Waals surface area (Å²) in [5.74, 6) is 0. The number of aromatic nitrogens is 5. The maximum atomic E-state index is 11.2. The van der Waals surface area contributed by atoms with Crippen LogP contribution in [0.3, 0.4) is 0 Å². The highest BCUT2D eigenvalue weighted by Gasteiger charge is 2.12. The van der Waals surface area contributed by atoms with Gasteiger partial charge in [0.25, 0.3) is 0 Å². The van der Waals surface area contributed by atoms with Crippen molar-refractivity contribution in [2.24, 2.45) is 0 Å². The fraction of sp³-hybridized carbons (Fsp3) is 0.333. The molecule has 0 saturated heterocycles. The lowest BCUT2D eigenvalue weighted by molar-refractivity contribution is 0.783. The van der Waals surface area contributed by atoms with Crippen molar-refractivity contribution in [1.29, 1.82) is 0 Å². The van der Waals surface area contributed by atoms with Gasteiger partial charge in [-0.3, -0.25) is 0 Å². The van der Waals surface area contributed by atoms with Gasteiger partial charge >= 0.3 is 5.69 Å². The van der Waals surface area contributed by atoms with Gasteiger partial charge in [0.2, 0.25) is 0 Å². The Morgan fingerprint density at radius 3 is 2.86 bits per heavy atom. The maximum Gasteiger partial charge on any atom is 0.366 e. The van der Waals surface area contributed by atoms with E-state index in [9.17, 15) is 4.79 Å². The van der Waals surface area contributed by atoms with E-state index in [1.165, 1.54) is 16.0 Å². The molecular weight excluding hydrogens is 222 g/mol. The number of hydrogen-bond donors (Lipinski definition) is 1. The third-order valence-corrected chi connectivity index (χ3v) is 3.71. The van der Waals surface area contributed by atoms with Crippen LogP contribution >= 0.6 is 23.1 Å². The van der Waals surface area contributed by atoms with Gasteiger partial charge in [0, 0.05) is 0 Å². The van der Waals surface area contributed by atoms with Crippen molar-refractivity contribution in [3.05, 3.63) is 16.2 Å². The predicted octanol–water partition coefficient (Wildman–Crippen LogP) is 0.442. The molecule has 14 heavy (non-hydrogen) atoms. The fourth-order valence-corrected chi connectivity index (χ4v) is 2.52. The van der Waals surface area contributed by atoms with Crippen LogP contribution in [0.4, 0.5) is 0 Å². The molecule has 0 aliphatic rings. The van der Waals surface area contributed by atoms with E-state index in [1.54, 1.807) is 11.8 Å². The lowest BCUT2D eigenvalue weighted by Crippen LogP contribution is -2.15. The van der Waals surface area contributed by atoms with Gasteiger partial charge < -0.3 is 0 Å². The highest BCUT2D eigenvalue weighted by molar-refractivity contribution is 8.00. The van der Waals surface area contributed by atoms with Crippen molar-refractivity contribution in [3.63, 3.8) is 0 Å². The molecule has 0 fully saturated rings. The first kappa shape index (κ1) is 9.41. The molecule has 0 radical (unpaired) electrons. The zero-order valence-electron chi connectivity index (χ0n) is 7.51. The number of hydrogen-bond acceptors (Lipinski definition) is 6. The highest BCUT2D eigenvalue weighted by atomic mass is 32.2. The Balaban J connectivity index is 2.57. The third-order valence-electron chi connectivity index (χ3n) is 1.59. The number of rotatable bonds is 2. The van der Waals surface area contributed by atoms with Gasteiger partial charge in [0.05, 0.1) is 5.69 Å². The molecule has 1 N–H and O–H groups in total. The van der Waals surface area contributed by atoms with Gasteiger partial charge in [-0.15, -0.1) is 4.68 Å². The number of aromatic amines is 1. The van der Waals surface area contributed by atoms with Gasteiger partial charge in [-0.05, 0) is 23.6 Å². The Kier molecular flexibility index (Phi) is 2.38. The molecule has 0 unspecified atom stereocenters. The van der Waals surface area contributed by atoms with Gasteiger partial charge in [-0.1, -0.05) is 23.1 Å². The zero-order valence-corrected chi connectivity index (χ0v) is 9.15. The van der Waals surface area contributed by atoms with Crippen molar-refractivity contribution in [2.75, 3.05) is 6.26 Å². The van der Waals surface area contributed by atoms with Crippen molar-refractivity contribution >= 4 is 23.1 Å². The first-order valence-electron chi connectivity index (χ1n) is 3.74. The van der Waals surface area contributed by atoms with Gasteiger partial charge in [-0.2, -0.15) is 0 Å². The first-order chi connectivity index (χ1) is 6.72. The van der Waals surface area contributed by atoms with Crippen LogP contribution in [0.15, 0.2) is 9.13 Å². The minimum absolute atomic E-state index is 0.343. The van der Waals surface area contributed by atoms with Crippen LogP contribution in [-0.2, 0) is 0 Å². The van der Waals surface area contributed by atoms with Crippen molar-refractivity contribution < 1.29 is 0 Å². The molecule has 0 atom stereocenters. The lowest BCUT2D eigenvalue weighted by Gasteiger charge is -1.91. The summed E-state index contributed by atoms with van der Waals surface area (Å²) in [6.45, 7) is 1.84. The van der Waals surface area contributed by atoms with E-state index in [1.807, 2.05) is 13.2 Å². The summed E-state index contributed by atoms with van der Waals surface area (Å²) in [4.78, 5) is 15.5. The Bertz CT molecular complexity index is 498. The number of nitrogens with zero attached hydrogens (tertiary/aromatic N) is 4. The Labute approximate surface area is 87.3 Å². The second kappa shape index (κ2) is 3.54. The average molecular weight is 229 g/mol. The number of H-pyrrole nitrogens is 1. The summed E-state index contributed by atoms with van der Waals surface area (Å²) in [6.07, 6.45) is 1.94. The van der Waals surface area contributed by atoms with Crippen LogP contribution in [0.25, 0.3) is 5.00 Å². The molecule has 6 nitrogen and oxygen atoms in total. The lowest BCUT2D eigenvalue weighted by atomic mass is 10.5. The highest BCUT2D eigenvalue weighted by Crippen LogP contribution is 2.26. The standard InChI is InChI=1S/C6H7N5OS2/c1-3-4(14-6(7-3)13-2)11-5(12)8-9-10-11/h1-2H3,(H,8,10,12). The number of aryl methyl sites for hydroxylation is 1. The molecule has 0 aliphatic carbocycles. The molecule has 0 aliphatic heterocycles. The normalized spacial score (nSPS) is 10.7.